The molecule has 3 unspecified atom stereocenters. The van der Waals surface area contributed by atoms with E-state index in [1.807, 2.05) is 24.3 Å². The van der Waals surface area contributed by atoms with Crippen LogP contribution in [0.3, 0.4) is 0 Å². The molecule has 0 radical (unpaired) electrons. The number of nitrogens with zero attached hydrogens (tertiary/aromatic N) is 1. The zero-order valence-electron chi connectivity index (χ0n) is 18.0. The van der Waals surface area contributed by atoms with Gasteiger partial charge in [-0.25, -0.2) is 0 Å². The Kier molecular flexibility index (Phi) is 5.18. The molecule has 1 aromatic rings. The molecule has 1 aromatic carbocycles. The van der Waals surface area contributed by atoms with Crippen LogP contribution in [-0.2, 0) is 14.9 Å². The van der Waals surface area contributed by atoms with Gasteiger partial charge < -0.3 is 19.5 Å². The highest BCUT2D eigenvalue weighted by atomic mass is 16.7. The van der Waals surface area contributed by atoms with E-state index in [2.05, 4.69) is 36.5 Å². The molecule has 1 N–H and O–H groups in total. The van der Waals surface area contributed by atoms with Crippen molar-refractivity contribution in [3.8, 4) is 11.5 Å². The highest BCUT2D eigenvalue weighted by Crippen LogP contribution is 2.50. The van der Waals surface area contributed by atoms with Crippen LogP contribution in [0.15, 0.2) is 59.1 Å². The van der Waals surface area contributed by atoms with Crippen LogP contribution >= 0.6 is 0 Å². The summed E-state index contributed by atoms with van der Waals surface area (Å²) in [5, 5.41) is 3.10. The minimum absolute atomic E-state index is 0.00420. The van der Waals surface area contributed by atoms with E-state index in [9.17, 15) is 4.79 Å². The summed E-state index contributed by atoms with van der Waals surface area (Å²) in [7, 11) is 1.71. The van der Waals surface area contributed by atoms with Gasteiger partial charge in [0.1, 0.15) is 5.84 Å². The van der Waals surface area contributed by atoms with Crippen molar-refractivity contribution in [2.45, 2.75) is 37.6 Å². The minimum Gasteiger partial charge on any atom is -0.454 e. The quantitative estimate of drug-likeness (QED) is 0.789. The standard InChI is InChI=1S/C25H28N2O4/c1-16-3-10-22(26-23(16)18-6-4-17(5-7-18)14-29-2)27-24(28)25(11-12-25)19-8-9-20-21(13-19)31-15-30-20/h3-6,8-10,13,16,18,23H,7,11-12,14-15H2,1-2H3,(H,26,27,28). The molecule has 6 heteroatoms. The number of dihydropyridines is 1. The van der Waals surface area contributed by atoms with Gasteiger partial charge in [-0.1, -0.05) is 37.3 Å². The lowest BCUT2D eigenvalue weighted by atomic mass is 9.83. The van der Waals surface area contributed by atoms with Gasteiger partial charge in [-0.2, -0.15) is 0 Å². The summed E-state index contributed by atoms with van der Waals surface area (Å²) in [5.41, 5.74) is 1.68. The molecule has 2 aliphatic heterocycles. The number of carbonyl (C=O) groups is 1. The third kappa shape index (κ3) is 3.81. The van der Waals surface area contributed by atoms with E-state index >= 15 is 0 Å². The van der Waals surface area contributed by atoms with Gasteiger partial charge in [-0.05, 0) is 54.5 Å². The van der Waals surface area contributed by atoms with Gasteiger partial charge in [0.25, 0.3) is 0 Å². The zero-order chi connectivity index (χ0) is 21.4. The molecule has 1 amide bonds. The number of amidine groups is 1. The van der Waals surface area contributed by atoms with Crippen LogP contribution in [-0.4, -0.2) is 38.3 Å². The number of fused-ring (bicyclic) bond motifs is 1. The lowest BCUT2D eigenvalue weighted by Crippen LogP contribution is -2.41. The number of benzene rings is 1. The van der Waals surface area contributed by atoms with Gasteiger partial charge in [-0.3, -0.25) is 9.79 Å². The van der Waals surface area contributed by atoms with Crippen LogP contribution < -0.4 is 14.8 Å². The molecule has 4 aliphatic rings. The molecule has 5 rings (SSSR count). The van der Waals surface area contributed by atoms with Crippen molar-refractivity contribution in [1.29, 1.82) is 0 Å². The molecule has 2 aliphatic carbocycles. The second-order valence-corrected chi connectivity index (χ2v) is 8.80. The molecule has 1 fully saturated rings. The molecule has 0 aromatic heterocycles. The number of amides is 1. The Morgan fingerprint density at radius 3 is 2.81 bits per heavy atom. The summed E-state index contributed by atoms with van der Waals surface area (Å²) in [5.74, 6) is 2.74. The summed E-state index contributed by atoms with van der Waals surface area (Å²) >= 11 is 0. The van der Waals surface area contributed by atoms with Crippen LogP contribution in [0.1, 0.15) is 31.7 Å². The Balaban J connectivity index is 1.29. The Morgan fingerprint density at radius 2 is 2.06 bits per heavy atom. The van der Waals surface area contributed by atoms with Gasteiger partial charge in [0.2, 0.25) is 12.7 Å². The van der Waals surface area contributed by atoms with E-state index < -0.39 is 5.41 Å². The van der Waals surface area contributed by atoms with Crippen molar-refractivity contribution in [1.82, 2.24) is 5.32 Å². The number of aliphatic imine (C=N–C) groups is 1. The van der Waals surface area contributed by atoms with Crippen molar-refractivity contribution >= 4 is 11.7 Å². The molecule has 0 saturated heterocycles. The first-order valence-corrected chi connectivity index (χ1v) is 10.9. The first-order chi connectivity index (χ1) is 15.1. The highest BCUT2D eigenvalue weighted by Gasteiger charge is 2.52. The number of allylic oxidation sites excluding steroid dienone is 1. The van der Waals surface area contributed by atoms with Crippen molar-refractivity contribution in [2.24, 2.45) is 16.8 Å². The summed E-state index contributed by atoms with van der Waals surface area (Å²) in [6, 6.07) is 5.91. The molecule has 2 heterocycles. The predicted octanol–water partition coefficient (Wildman–Crippen LogP) is 3.69. The maximum Gasteiger partial charge on any atom is 0.236 e. The summed E-state index contributed by atoms with van der Waals surface area (Å²) < 4.78 is 16.1. The monoisotopic (exact) mass is 420 g/mol. The molecule has 31 heavy (non-hydrogen) atoms. The maximum absolute atomic E-state index is 13.2. The summed E-state index contributed by atoms with van der Waals surface area (Å²) in [6.45, 7) is 3.05. The average Bonchev–Trinajstić information content (AvgIpc) is 3.47. The Labute approximate surface area is 182 Å². The smallest absolute Gasteiger partial charge is 0.236 e. The fraction of sp³-hybridized carbons (Fsp3) is 0.440. The molecule has 0 spiro atoms. The summed E-state index contributed by atoms with van der Waals surface area (Å²) in [4.78, 5) is 18.2. The fourth-order valence-electron chi connectivity index (χ4n) is 4.65. The highest BCUT2D eigenvalue weighted by molar-refractivity contribution is 6.09. The fourth-order valence-corrected chi connectivity index (χ4v) is 4.65. The molecule has 3 atom stereocenters. The molecule has 162 valence electrons. The number of carbonyl (C=O) groups excluding carboxylic acids is 1. The van der Waals surface area contributed by atoms with Gasteiger partial charge >= 0.3 is 0 Å². The van der Waals surface area contributed by atoms with Crippen molar-refractivity contribution in [2.75, 3.05) is 20.5 Å². The third-order valence-corrected chi connectivity index (χ3v) is 6.70. The van der Waals surface area contributed by atoms with Crippen LogP contribution in [0.4, 0.5) is 0 Å². The number of nitrogens with one attached hydrogen (secondary N) is 1. The van der Waals surface area contributed by atoms with Crippen LogP contribution in [0.5, 0.6) is 11.5 Å². The number of methoxy groups -OCH3 is 1. The van der Waals surface area contributed by atoms with Gasteiger partial charge in [-0.15, -0.1) is 0 Å². The Hall–Kier alpha value is -2.86. The van der Waals surface area contributed by atoms with E-state index in [4.69, 9.17) is 19.2 Å². The van der Waals surface area contributed by atoms with E-state index in [1.165, 1.54) is 5.57 Å². The lowest BCUT2D eigenvalue weighted by Gasteiger charge is -2.30. The predicted molar refractivity (Wildman–Crippen MR) is 118 cm³/mol. The van der Waals surface area contributed by atoms with E-state index in [1.54, 1.807) is 7.11 Å². The van der Waals surface area contributed by atoms with Gasteiger partial charge in [0.05, 0.1) is 18.1 Å². The Bertz CT molecular complexity index is 1000. The van der Waals surface area contributed by atoms with Crippen molar-refractivity contribution in [3.05, 3.63) is 59.7 Å². The van der Waals surface area contributed by atoms with Crippen LogP contribution in [0, 0.1) is 11.8 Å². The van der Waals surface area contributed by atoms with E-state index in [0.717, 1.165) is 30.6 Å². The number of ether oxygens (including phenoxy) is 3. The van der Waals surface area contributed by atoms with Gasteiger partial charge in [0.15, 0.2) is 11.5 Å². The SMILES string of the molecule is COCC1=CCC(C2N=C(NC(=O)C3(c4ccc5c(c4)OCO5)CC3)C=CC2C)C=C1. The topological polar surface area (TPSA) is 69.2 Å². The number of rotatable bonds is 5. The molecule has 1 saturated carbocycles. The van der Waals surface area contributed by atoms with Crippen molar-refractivity contribution in [3.63, 3.8) is 0 Å². The second-order valence-electron chi connectivity index (χ2n) is 8.80. The first kappa shape index (κ1) is 20.1. The minimum atomic E-state index is -0.502. The van der Waals surface area contributed by atoms with Crippen LogP contribution in [0.25, 0.3) is 0 Å². The second kappa shape index (κ2) is 8.00. The molecule has 6 nitrogen and oxygen atoms in total. The van der Waals surface area contributed by atoms with Crippen LogP contribution in [0.2, 0.25) is 0 Å². The summed E-state index contributed by atoms with van der Waals surface area (Å²) in [6.07, 6.45) is 13.3. The molecular formula is C25H28N2O4. The van der Waals surface area contributed by atoms with E-state index in [0.29, 0.717) is 30.0 Å². The normalized spacial score (nSPS) is 27.5. The maximum atomic E-state index is 13.2. The largest absolute Gasteiger partial charge is 0.454 e. The number of hydrogen-bond acceptors (Lipinski definition) is 5. The van der Waals surface area contributed by atoms with Crippen molar-refractivity contribution < 1.29 is 19.0 Å². The first-order valence-electron chi connectivity index (χ1n) is 10.9. The number of hydrogen-bond donors (Lipinski definition) is 1. The zero-order valence-corrected chi connectivity index (χ0v) is 18.0. The average molecular weight is 421 g/mol. The molecule has 0 bridgehead atoms. The Morgan fingerprint density at radius 1 is 1.23 bits per heavy atom. The van der Waals surface area contributed by atoms with E-state index in [-0.39, 0.29) is 18.7 Å². The van der Waals surface area contributed by atoms with Gasteiger partial charge in [0, 0.05) is 13.0 Å². The molecular weight excluding hydrogens is 392 g/mol. The lowest BCUT2D eigenvalue weighted by molar-refractivity contribution is -0.122. The third-order valence-electron chi connectivity index (χ3n) is 6.70.